The number of rotatable bonds is 12. The smallest absolute Gasteiger partial charge is 0.493 e. The topological polar surface area (TPSA) is 74.2 Å². The first kappa shape index (κ1) is 25.9. The molecule has 3 aromatic rings. The Morgan fingerprint density at radius 1 is 0.857 bits per heavy atom. The number of carbonyl (C=O) groups is 1. The quantitative estimate of drug-likeness (QED) is 0.326. The van der Waals surface area contributed by atoms with E-state index < -0.39 is 18.4 Å². The largest absolute Gasteiger partial charge is 0.573 e. The number of alkyl halides is 3. The lowest BCUT2D eigenvalue weighted by atomic mass is 10.1. The third-order valence-corrected chi connectivity index (χ3v) is 4.99. The summed E-state index contributed by atoms with van der Waals surface area (Å²) in [4.78, 5) is 11.0. The van der Waals surface area contributed by atoms with Gasteiger partial charge >= 0.3 is 12.3 Å². The van der Waals surface area contributed by atoms with Gasteiger partial charge in [-0.05, 0) is 53.1 Å². The molecule has 0 bridgehead atoms. The summed E-state index contributed by atoms with van der Waals surface area (Å²) >= 11 is 0. The molecule has 0 saturated carbocycles. The molecule has 35 heavy (non-hydrogen) atoms. The van der Waals surface area contributed by atoms with Crippen LogP contribution in [-0.4, -0.2) is 43.9 Å². The third-order valence-electron chi connectivity index (χ3n) is 4.99. The highest BCUT2D eigenvalue weighted by molar-refractivity contribution is 5.72. The second-order valence-electron chi connectivity index (χ2n) is 7.56. The van der Waals surface area contributed by atoms with Crippen molar-refractivity contribution in [2.24, 2.45) is 0 Å². The maximum Gasteiger partial charge on any atom is 0.573 e. The number of carboxylic acid groups (broad SMARTS) is 1. The first-order valence-corrected chi connectivity index (χ1v) is 10.8. The maximum atomic E-state index is 12.4. The van der Waals surface area contributed by atoms with Crippen LogP contribution in [0.4, 0.5) is 13.2 Å². The lowest BCUT2D eigenvalue weighted by molar-refractivity contribution is -0.274. The molecule has 1 N–H and O–H groups in total. The maximum absolute atomic E-state index is 12.4. The van der Waals surface area contributed by atoms with Crippen molar-refractivity contribution in [3.05, 3.63) is 78.4 Å². The van der Waals surface area contributed by atoms with Gasteiger partial charge in [0.2, 0.25) is 0 Å². The third kappa shape index (κ3) is 8.53. The lowest BCUT2D eigenvalue weighted by Gasteiger charge is -2.12. The van der Waals surface area contributed by atoms with Crippen LogP contribution in [0.25, 0.3) is 11.1 Å². The molecule has 0 aromatic heterocycles. The van der Waals surface area contributed by atoms with E-state index in [1.165, 1.54) is 25.3 Å². The molecule has 0 spiro atoms. The molecule has 3 rings (SSSR count). The van der Waals surface area contributed by atoms with Crippen molar-refractivity contribution in [2.75, 3.05) is 20.3 Å². The summed E-state index contributed by atoms with van der Waals surface area (Å²) in [6.07, 6.45) is -4.72. The molecule has 0 radical (unpaired) electrons. The molecule has 0 aliphatic rings. The summed E-state index contributed by atoms with van der Waals surface area (Å²) in [5, 5.41) is 9.05. The van der Waals surface area contributed by atoms with Crippen molar-refractivity contribution in [2.45, 2.75) is 25.3 Å². The van der Waals surface area contributed by atoms with Crippen molar-refractivity contribution in [3.8, 4) is 28.4 Å². The van der Waals surface area contributed by atoms with E-state index in [0.29, 0.717) is 36.7 Å². The predicted octanol–water partition coefficient (Wildman–Crippen LogP) is 5.74. The van der Waals surface area contributed by atoms with Crippen molar-refractivity contribution >= 4 is 5.97 Å². The molecular formula is C26H25F3O6. The van der Waals surface area contributed by atoms with Gasteiger partial charge in [0, 0.05) is 20.0 Å². The molecule has 0 aliphatic carbocycles. The zero-order valence-electron chi connectivity index (χ0n) is 19.0. The normalized spacial score (nSPS) is 12.1. The van der Waals surface area contributed by atoms with Gasteiger partial charge in [0.25, 0.3) is 0 Å². The van der Waals surface area contributed by atoms with E-state index in [2.05, 4.69) is 4.74 Å². The van der Waals surface area contributed by atoms with E-state index in [4.69, 9.17) is 19.3 Å². The molecule has 0 fully saturated rings. The van der Waals surface area contributed by atoms with Gasteiger partial charge < -0.3 is 24.1 Å². The highest BCUT2D eigenvalue weighted by atomic mass is 19.4. The fourth-order valence-corrected chi connectivity index (χ4v) is 3.26. The minimum Gasteiger partial charge on any atom is -0.493 e. The first-order chi connectivity index (χ1) is 16.7. The average molecular weight is 490 g/mol. The SMILES string of the molecule is CO[C@@H](Cc1ccc(OCCCOc2ccc(-c3cccc(OC(F)(F)F)c3)cc2)cc1)C(=O)O. The fourth-order valence-electron chi connectivity index (χ4n) is 3.26. The molecule has 6 nitrogen and oxygen atoms in total. The van der Waals surface area contributed by atoms with Crippen molar-refractivity contribution in [1.82, 2.24) is 0 Å². The van der Waals surface area contributed by atoms with Gasteiger partial charge in [-0.25, -0.2) is 4.79 Å². The van der Waals surface area contributed by atoms with Crippen LogP contribution in [0.3, 0.4) is 0 Å². The van der Waals surface area contributed by atoms with Gasteiger partial charge in [0.05, 0.1) is 13.2 Å². The first-order valence-electron chi connectivity index (χ1n) is 10.8. The average Bonchev–Trinajstić information content (AvgIpc) is 2.82. The summed E-state index contributed by atoms with van der Waals surface area (Å²) in [6.45, 7) is 0.847. The van der Waals surface area contributed by atoms with Gasteiger partial charge in [-0.15, -0.1) is 13.2 Å². The van der Waals surface area contributed by atoms with Crippen LogP contribution >= 0.6 is 0 Å². The van der Waals surface area contributed by atoms with Crippen LogP contribution in [0.2, 0.25) is 0 Å². The minimum absolute atomic E-state index is 0.269. The van der Waals surface area contributed by atoms with Crippen LogP contribution in [0, 0.1) is 0 Å². The second-order valence-corrected chi connectivity index (χ2v) is 7.56. The lowest BCUT2D eigenvalue weighted by Crippen LogP contribution is -2.24. The molecule has 0 saturated heterocycles. The molecular weight excluding hydrogens is 465 g/mol. The number of methoxy groups -OCH3 is 1. The van der Waals surface area contributed by atoms with E-state index in [9.17, 15) is 18.0 Å². The molecule has 186 valence electrons. The van der Waals surface area contributed by atoms with Crippen molar-refractivity contribution < 1.29 is 42.0 Å². The standard InChI is InChI=1S/C26H25F3O6/c1-32-24(25(30)31)16-18-6-10-21(11-7-18)33-14-3-15-34-22-12-8-19(9-13-22)20-4-2-5-23(17-20)35-26(27,28)29/h2,4-13,17,24H,3,14-16H2,1H3,(H,30,31)/t24-/m0/s1. The zero-order valence-corrected chi connectivity index (χ0v) is 19.0. The number of halogens is 3. The highest BCUT2D eigenvalue weighted by Gasteiger charge is 2.31. The molecule has 3 aromatic carbocycles. The van der Waals surface area contributed by atoms with Crippen LogP contribution in [0.5, 0.6) is 17.2 Å². The fraction of sp³-hybridized carbons (Fsp3) is 0.269. The minimum atomic E-state index is -4.74. The Morgan fingerprint density at radius 3 is 2.00 bits per heavy atom. The van der Waals surface area contributed by atoms with E-state index in [1.807, 2.05) is 0 Å². The number of aliphatic carboxylic acids is 1. The van der Waals surface area contributed by atoms with Gasteiger partial charge in [-0.1, -0.05) is 36.4 Å². The van der Waals surface area contributed by atoms with Gasteiger partial charge in [-0.2, -0.15) is 0 Å². The number of ether oxygens (including phenoxy) is 4. The van der Waals surface area contributed by atoms with Gasteiger partial charge in [0.1, 0.15) is 17.2 Å². The van der Waals surface area contributed by atoms with E-state index in [1.54, 1.807) is 54.6 Å². The Kier molecular flexibility index (Phi) is 8.97. The van der Waals surface area contributed by atoms with Crippen LogP contribution in [0.15, 0.2) is 72.8 Å². The van der Waals surface area contributed by atoms with Crippen LogP contribution in [-0.2, 0) is 16.0 Å². The van der Waals surface area contributed by atoms with Gasteiger partial charge in [0.15, 0.2) is 6.10 Å². The van der Waals surface area contributed by atoms with E-state index >= 15 is 0 Å². The van der Waals surface area contributed by atoms with E-state index in [-0.39, 0.29) is 12.2 Å². The highest BCUT2D eigenvalue weighted by Crippen LogP contribution is 2.29. The molecule has 0 unspecified atom stereocenters. The Hall–Kier alpha value is -3.72. The molecule has 1 atom stereocenters. The monoisotopic (exact) mass is 490 g/mol. The zero-order chi connectivity index (χ0) is 25.3. The number of hydrogen-bond acceptors (Lipinski definition) is 5. The summed E-state index contributed by atoms with van der Waals surface area (Å²) < 4.78 is 57.5. The Balaban J connectivity index is 1.41. The Bertz CT molecular complexity index is 1080. The van der Waals surface area contributed by atoms with Crippen LogP contribution in [0.1, 0.15) is 12.0 Å². The number of carboxylic acids is 1. The van der Waals surface area contributed by atoms with Crippen LogP contribution < -0.4 is 14.2 Å². The van der Waals surface area contributed by atoms with Gasteiger partial charge in [-0.3, -0.25) is 0 Å². The number of hydrogen-bond donors (Lipinski definition) is 1. The number of benzene rings is 3. The molecule has 0 heterocycles. The summed E-state index contributed by atoms with van der Waals surface area (Å²) in [7, 11) is 1.36. The molecule has 0 aliphatic heterocycles. The van der Waals surface area contributed by atoms with Crippen molar-refractivity contribution in [1.29, 1.82) is 0 Å². The Labute approximate surface area is 200 Å². The van der Waals surface area contributed by atoms with Crippen molar-refractivity contribution in [3.63, 3.8) is 0 Å². The predicted molar refractivity (Wildman–Crippen MR) is 123 cm³/mol. The second kappa shape index (κ2) is 12.1. The molecule has 0 amide bonds. The summed E-state index contributed by atoms with van der Waals surface area (Å²) in [5.41, 5.74) is 2.16. The Morgan fingerprint density at radius 2 is 1.46 bits per heavy atom. The molecule has 9 heteroatoms. The summed E-state index contributed by atoms with van der Waals surface area (Å²) in [6, 6.07) is 19.9. The van der Waals surface area contributed by atoms with E-state index in [0.717, 1.165) is 11.1 Å². The summed E-state index contributed by atoms with van der Waals surface area (Å²) in [5.74, 6) is 0.0163.